The second kappa shape index (κ2) is 1.89. The molecule has 2 heteroatoms. The quantitative estimate of drug-likeness (QED) is 0.579. The Bertz CT molecular complexity index is 428. The second-order valence-corrected chi connectivity index (χ2v) is 3.04. The van der Waals surface area contributed by atoms with Gasteiger partial charge < -0.3 is 4.74 Å². The lowest BCUT2D eigenvalue weighted by Crippen LogP contribution is -2.16. The third kappa shape index (κ3) is 0.670. The van der Waals surface area contributed by atoms with Crippen LogP contribution in [0.4, 0.5) is 0 Å². The molecular formula is C10H8O2. The molecule has 0 N–H and O–H groups in total. The Balaban J connectivity index is 2.10. The fraction of sp³-hybridized carbons (Fsp3) is 0.300. The van der Waals surface area contributed by atoms with Crippen LogP contribution in [0.15, 0.2) is 24.3 Å². The van der Waals surface area contributed by atoms with Crippen molar-refractivity contribution in [3.63, 3.8) is 0 Å². The van der Waals surface area contributed by atoms with Crippen LogP contribution in [0.1, 0.15) is 19.5 Å². The monoisotopic (exact) mass is 162 g/mol. The van der Waals surface area contributed by atoms with Gasteiger partial charge >= 0.3 is 0 Å². The zero-order chi connectivity index (χ0) is 9.92. The molecule has 1 heterocycles. The van der Waals surface area contributed by atoms with E-state index in [0.29, 0.717) is 11.3 Å². The van der Waals surface area contributed by atoms with Crippen molar-refractivity contribution in [2.24, 2.45) is 5.92 Å². The first-order valence-electron chi connectivity index (χ1n) is 4.92. The highest BCUT2D eigenvalue weighted by Crippen LogP contribution is 2.43. The summed E-state index contributed by atoms with van der Waals surface area (Å²) < 4.78 is 20.5. The molecule has 0 amide bonds. The number of fused-ring (bicyclic) bond motifs is 2. The first-order chi connectivity index (χ1) is 6.62. The van der Waals surface area contributed by atoms with Gasteiger partial charge in [0.25, 0.3) is 0 Å². The van der Waals surface area contributed by atoms with Crippen molar-refractivity contribution in [2.75, 3.05) is 0 Å². The summed E-state index contributed by atoms with van der Waals surface area (Å²) in [5.41, 5.74) is 0.509. The van der Waals surface area contributed by atoms with Crippen molar-refractivity contribution in [3.05, 3.63) is 29.8 Å². The third-order valence-electron chi connectivity index (χ3n) is 2.23. The topological polar surface area (TPSA) is 26.3 Å². The first-order valence-corrected chi connectivity index (χ1v) is 3.92. The van der Waals surface area contributed by atoms with E-state index in [1.165, 1.54) is 0 Å². The van der Waals surface area contributed by atoms with E-state index >= 15 is 0 Å². The van der Waals surface area contributed by atoms with Crippen molar-refractivity contribution in [2.45, 2.75) is 12.5 Å². The van der Waals surface area contributed by atoms with E-state index in [1.807, 2.05) is 0 Å². The van der Waals surface area contributed by atoms with Crippen molar-refractivity contribution in [3.8, 4) is 5.75 Å². The van der Waals surface area contributed by atoms with Crippen molar-refractivity contribution < 1.29 is 12.3 Å². The van der Waals surface area contributed by atoms with E-state index in [1.54, 1.807) is 24.3 Å². The van der Waals surface area contributed by atoms with Crippen LogP contribution in [0.2, 0.25) is 0 Å². The van der Waals surface area contributed by atoms with Gasteiger partial charge in [-0.2, -0.15) is 0 Å². The average molecular weight is 162 g/mol. The SMILES string of the molecule is [2H]C1([2H])C2Oc3ccccc3C(=O)C21. The number of ether oxygens (including phenoxy) is 1. The highest BCUT2D eigenvalue weighted by atomic mass is 16.5. The van der Waals surface area contributed by atoms with Crippen LogP contribution in [-0.2, 0) is 0 Å². The minimum Gasteiger partial charge on any atom is -0.489 e. The van der Waals surface area contributed by atoms with Crippen LogP contribution in [-0.4, -0.2) is 11.9 Å². The maximum atomic E-state index is 11.8. The molecule has 1 aromatic carbocycles. The van der Waals surface area contributed by atoms with Gasteiger partial charge in [0.15, 0.2) is 5.78 Å². The van der Waals surface area contributed by atoms with Gasteiger partial charge in [-0.15, -0.1) is 0 Å². The summed E-state index contributed by atoms with van der Waals surface area (Å²) in [7, 11) is 0. The summed E-state index contributed by atoms with van der Waals surface area (Å²) in [6.45, 7) is 0. The van der Waals surface area contributed by atoms with Crippen molar-refractivity contribution >= 4 is 5.78 Å². The molecule has 1 aliphatic heterocycles. The molecule has 1 saturated carbocycles. The maximum Gasteiger partial charge on any atom is 0.173 e. The first kappa shape index (κ1) is 4.65. The average Bonchev–Trinajstić information content (AvgIpc) is 2.70. The van der Waals surface area contributed by atoms with Crippen molar-refractivity contribution in [1.29, 1.82) is 0 Å². The van der Waals surface area contributed by atoms with Gasteiger partial charge in [0.05, 0.1) is 11.5 Å². The predicted octanol–water partition coefficient (Wildman–Crippen LogP) is 1.65. The summed E-state index contributed by atoms with van der Waals surface area (Å²) in [6.07, 6.45) is -2.04. The van der Waals surface area contributed by atoms with Crippen LogP contribution < -0.4 is 4.74 Å². The molecule has 0 spiro atoms. The lowest BCUT2D eigenvalue weighted by atomic mass is 10.0. The van der Waals surface area contributed by atoms with E-state index in [9.17, 15) is 4.79 Å². The fourth-order valence-corrected chi connectivity index (χ4v) is 1.51. The van der Waals surface area contributed by atoms with E-state index in [2.05, 4.69) is 0 Å². The lowest BCUT2D eigenvalue weighted by Gasteiger charge is -2.14. The normalized spacial score (nSPS) is 36.8. The lowest BCUT2D eigenvalue weighted by molar-refractivity contribution is 0.0920. The number of rotatable bonds is 0. The molecule has 2 atom stereocenters. The molecule has 1 aromatic rings. The van der Waals surface area contributed by atoms with Crippen LogP contribution in [0.3, 0.4) is 0 Å². The number of carbonyl (C=O) groups excluding carboxylic acids is 1. The molecule has 2 nitrogen and oxygen atoms in total. The summed E-state index contributed by atoms with van der Waals surface area (Å²) >= 11 is 0. The van der Waals surface area contributed by atoms with Gasteiger partial charge in [0.2, 0.25) is 0 Å². The zero-order valence-corrected chi connectivity index (χ0v) is 6.28. The number of carbonyl (C=O) groups is 1. The number of hydrogen-bond donors (Lipinski definition) is 0. The molecule has 1 aliphatic carbocycles. The number of para-hydroxylation sites is 1. The number of hydrogen-bond acceptors (Lipinski definition) is 2. The van der Waals surface area contributed by atoms with E-state index in [4.69, 9.17) is 7.48 Å². The number of benzene rings is 1. The molecule has 2 unspecified atom stereocenters. The third-order valence-corrected chi connectivity index (χ3v) is 2.23. The highest BCUT2D eigenvalue weighted by molar-refractivity contribution is 6.03. The Morgan fingerprint density at radius 2 is 2.33 bits per heavy atom. The molecule has 2 aliphatic rings. The number of ketones is 1. The Morgan fingerprint density at radius 3 is 3.25 bits per heavy atom. The van der Waals surface area contributed by atoms with Crippen LogP contribution in [0, 0.1) is 5.92 Å². The van der Waals surface area contributed by atoms with Gasteiger partial charge in [-0.05, 0) is 18.5 Å². The van der Waals surface area contributed by atoms with Crippen LogP contribution >= 0.6 is 0 Å². The molecule has 12 heavy (non-hydrogen) atoms. The Labute approximate surface area is 73.0 Å². The predicted molar refractivity (Wildman–Crippen MR) is 43.3 cm³/mol. The molecule has 0 aromatic heterocycles. The van der Waals surface area contributed by atoms with E-state index in [-0.39, 0.29) is 5.78 Å². The molecule has 0 radical (unpaired) electrons. The van der Waals surface area contributed by atoms with E-state index in [0.717, 1.165) is 0 Å². The summed E-state index contributed by atoms with van der Waals surface area (Å²) in [6, 6.07) is 6.93. The Morgan fingerprint density at radius 1 is 1.50 bits per heavy atom. The summed E-state index contributed by atoms with van der Waals surface area (Å²) in [5, 5.41) is 0. The second-order valence-electron chi connectivity index (χ2n) is 3.04. The molecular weight excluding hydrogens is 152 g/mol. The minimum atomic E-state index is -1.48. The molecule has 0 bridgehead atoms. The molecule has 1 fully saturated rings. The van der Waals surface area contributed by atoms with Crippen LogP contribution in [0.5, 0.6) is 5.75 Å². The zero-order valence-electron chi connectivity index (χ0n) is 8.28. The largest absolute Gasteiger partial charge is 0.489 e. The van der Waals surface area contributed by atoms with Crippen molar-refractivity contribution in [1.82, 2.24) is 0 Å². The molecule has 60 valence electrons. The van der Waals surface area contributed by atoms with Gasteiger partial charge in [0, 0.05) is 2.74 Å². The highest BCUT2D eigenvalue weighted by Gasteiger charge is 2.49. The molecule has 0 saturated heterocycles. The standard InChI is InChI=1S/C10H8O2/c11-10-6-3-1-2-4-8(6)12-9-5-7(9)10/h1-4,7,9H,5H2/i5D2. The van der Waals surface area contributed by atoms with Gasteiger partial charge in [-0.1, -0.05) is 12.1 Å². The smallest absolute Gasteiger partial charge is 0.173 e. The minimum absolute atomic E-state index is 0.123. The molecule has 3 rings (SSSR count). The summed E-state index contributed by atoms with van der Waals surface area (Å²) in [4.78, 5) is 11.8. The van der Waals surface area contributed by atoms with Crippen LogP contribution in [0.25, 0.3) is 0 Å². The van der Waals surface area contributed by atoms with Gasteiger partial charge in [-0.25, -0.2) is 0 Å². The Hall–Kier alpha value is -1.31. The Kier molecular flexibility index (Phi) is 0.732. The maximum absolute atomic E-state index is 11.8. The summed E-state index contributed by atoms with van der Waals surface area (Å²) in [5.74, 6) is -0.195. The number of Topliss-reactive ketones (excluding diaryl/α,β-unsaturated/α-hetero) is 1. The van der Waals surface area contributed by atoms with E-state index < -0.39 is 18.4 Å². The van der Waals surface area contributed by atoms with Gasteiger partial charge in [0.1, 0.15) is 11.9 Å². The fourth-order valence-electron chi connectivity index (χ4n) is 1.51. The van der Waals surface area contributed by atoms with Gasteiger partial charge in [-0.3, -0.25) is 4.79 Å².